The number of fused-ring (bicyclic) bond motifs is 1. The molecule has 0 spiro atoms. The van der Waals surface area contributed by atoms with Crippen LogP contribution >= 0.6 is 0 Å². The molecule has 132 valence electrons. The maximum absolute atomic E-state index is 5.43. The molecule has 0 atom stereocenters. The van der Waals surface area contributed by atoms with Crippen molar-refractivity contribution in [2.45, 2.75) is 0 Å². The zero-order chi connectivity index (χ0) is 18.1. The van der Waals surface area contributed by atoms with Crippen LogP contribution in [-0.4, -0.2) is 35.9 Å². The van der Waals surface area contributed by atoms with E-state index in [1.54, 1.807) is 44.6 Å². The number of hydrogen-bond donors (Lipinski definition) is 0. The molecule has 1 aromatic carbocycles. The first-order chi connectivity index (χ1) is 12.7. The highest BCUT2D eigenvalue weighted by molar-refractivity contribution is 5.70. The number of rotatable bonds is 5. The van der Waals surface area contributed by atoms with Crippen molar-refractivity contribution in [3.8, 4) is 39.8 Å². The molecule has 4 aromatic rings. The Balaban J connectivity index is 1.88. The van der Waals surface area contributed by atoms with Crippen LogP contribution < -0.4 is 14.2 Å². The van der Waals surface area contributed by atoms with E-state index in [4.69, 9.17) is 23.7 Å². The van der Waals surface area contributed by atoms with Gasteiger partial charge in [-0.25, -0.2) is 9.50 Å². The number of imidazole rings is 1. The topological polar surface area (TPSA) is 71.0 Å². The summed E-state index contributed by atoms with van der Waals surface area (Å²) in [6.45, 7) is 0. The Morgan fingerprint density at radius 2 is 1.69 bits per heavy atom. The van der Waals surface area contributed by atoms with Gasteiger partial charge in [0.25, 0.3) is 0 Å². The van der Waals surface area contributed by atoms with Crippen molar-refractivity contribution in [2.24, 2.45) is 0 Å². The van der Waals surface area contributed by atoms with Crippen molar-refractivity contribution < 1.29 is 18.6 Å². The molecule has 7 heteroatoms. The lowest BCUT2D eigenvalue weighted by molar-refractivity contribution is 0.324. The summed E-state index contributed by atoms with van der Waals surface area (Å²) >= 11 is 0. The Morgan fingerprint density at radius 3 is 2.31 bits per heavy atom. The van der Waals surface area contributed by atoms with Gasteiger partial charge in [-0.1, -0.05) is 0 Å². The summed E-state index contributed by atoms with van der Waals surface area (Å²) in [5.41, 5.74) is 4.10. The number of hydrogen-bond acceptors (Lipinski definition) is 6. The van der Waals surface area contributed by atoms with Gasteiger partial charge in [-0.2, -0.15) is 5.10 Å². The molecule has 0 N–H and O–H groups in total. The van der Waals surface area contributed by atoms with Crippen LogP contribution in [-0.2, 0) is 0 Å². The van der Waals surface area contributed by atoms with Gasteiger partial charge in [-0.05, 0) is 30.3 Å². The van der Waals surface area contributed by atoms with E-state index < -0.39 is 0 Å². The standard InChI is InChI=1S/C19H17N3O4/c1-23-16-8-13(9-17(24-2)19(16)25-3)14-4-5-18-20-10-15(22(18)21-14)12-6-7-26-11-12/h4-11H,1-3H3. The number of aromatic nitrogens is 3. The third-order valence-electron chi connectivity index (χ3n) is 4.14. The first-order valence-corrected chi connectivity index (χ1v) is 7.93. The molecule has 0 aliphatic carbocycles. The van der Waals surface area contributed by atoms with Gasteiger partial charge in [-0.3, -0.25) is 0 Å². The van der Waals surface area contributed by atoms with Gasteiger partial charge in [0.15, 0.2) is 17.1 Å². The van der Waals surface area contributed by atoms with Crippen molar-refractivity contribution in [2.75, 3.05) is 21.3 Å². The van der Waals surface area contributed by atoms with Crippen molar-refractivity contribution in [3.63, 3.8) is 0 Å². The van der Waals surface area contributed by atoms with E-state index in [2.05, 4.69) is 4.98 Å². The molecule has 0 unspecified atom stereocenters. The van der Waals surface area contributed by atoms with Crippen molar-refractivity contribution in [3.05, 3.63) is 49.1 Å². The molecule has 0 fully saturated rings. The Bertz CT molecular complexity index is 1030. The summed E-state index contributed by atoms with van der Waals surface area (Å²) in [5.74, 6) is 1.69. The quantitative estimate of drug-likeness (QED) is 0.546. The lowest BCUT2D eigenvalue weighted by Crippen LogP contribution is -1.99. The van der Waals surface area contributed by atoms with Crippen LogP contribution in [0.15, 0.2) is 53.5 Å². The first-order valence-electron chi connectivity index (χ1n) is 7.93. The predicted octanol–water partition coefficient (Wildman–Crippen LogP) is 3.68. The fraction of sp³-hybridized carbons (Fsp3) is 0.158. The third kappa shape index (κ3) is 2.54. The summed E-state index contributed by atoms with van der Waals surface area (Å²) < 4.78 is 23.2. The maximum Gasteiger partial charge on any atom is 0.203 e. The minimum Gasteiger partial charge on any atom is -0.493 e. The van der Waals surface area contributed by atoms with Crippen molar-refractivity contribution >= 4 is 5.65 Å². The zero-order valence-corrected chi connectivity index (χ0v) is 14.6. The van der Waals surface area contributed by atoms with Gasteiger partial charge in [-0.15, -0.1) is 0 Å². The SMILES string of the molecule is COc1cc(-c2ccc3ncc(-c4ccoc4)n3n2)cc(OC)c1OC. The van der Waals surface area contributed by atoms with E-state index >= 15 is 0 Å². The van der Waals surface area contributed by atoms with Crippen LogP contribution in [0, 0.1) is 0 Å². The molecular weight excluding hydrogens is 334 g/mol. The second-order valence-corrected chi connectivity index (χ2v) is 5.56. The summed E-state index contributed by atoms with van der Waals surface area (Å²) in [4.78, 5) is 4.39. The van der Waals surface area contributed by atoms with Gasteiger partial charge in [0.2, 0.25) is 5.75 Å². The molecule has 4 rings (SSSR count). The Morgan fingerprint density at radius 1 is 0.923 bits per heavy atom. The van der Waals surface area contributed by atoms with Crippen LogP contribution in [0.5, 0.6) is 17.2 Å². The summed E-state index contributed by atoms with van der Waals surface area (Å²) in [6, 6.07) is 9.42. The molecule has 0 radical (unpaired) electrons. The number of benzene rings is 1. The molecule has 0 saturated heterocycles. The van der Waals surface area contributed by atoms with Crippen LogP contribution in [0.4, 0.5) is 0 Å². The minimum absolute atomic E-state index is 0.543. The van der Waals surface area contributed by atoms with E-state index in [1.165, 1.54) is 0 Å². The van der Waals surface area contributed by atoms with E-state index in [-0.39, 0.29) is 0 Å². The highest BCUT2D eigenvalue weighted by atomic mass is 16.5. The highest BCUT2D eigenvalue weighted by Crippen LogP contribution is 2.40. The van der Waals surface area contributed by atoms with Gasteiger partial charge in [0, 0.05) is 11.1 Å². The van der Waals surface area contributed by atoms with Crippen LogP contribution in [0.2, 0.25) is 0 Å². The number of furan rings is 1. The fourth-order valence-corrected chi connectivity index (χ4v) is 2.86. The van der Waals surface area contributed by atoms with Crippen LogP contribution in [0.3, 0.4) is 0 Å². The molecule has 0 bridgehead atoms. The summed E-state index contributed by atoms with van der Waals surface area (Å²) in [5, 5.41) is 4.73. The average molecular weight is 351 g/mol. The molecule has 0 aliphatic rings. The molecular formula is C19H17N3O4. The van der Waals surface area contributed by atoms with Gasteiger partial charge in [0.1, 0.15) is 0 Å². The van der Waals surface area contributed by atoms with Gasteiger partial charge >= 0.3 is 0 Å². The number of ether oxygens (including phenoxy) is 3. The Labute approximate surface area is 149 Å². The predicted molar refractivity (Wildman–Crippen MR) is 95.8 cm³/mol. The lowest BCUT2D eigenvalue weighted by atomic mass is 10.1. The molecule has 3 heterocycles. The largest absolute Gasteiger partial charge is 0.493 e. The van der Waals surface area contributed by atoms with E-state index in [1.807, 2.05) is 30.3 Å². The zero-order valence-electron chi connectivity index (χ0n) is 14.6. The minimum atomic E-state index is 0.543. The molecule has 26 heavy (non-hydrogen) atoms. The van der Waals surface area contributed by atoms with E-state index in [0.29, 0.717) is 17.2 Å². The second kappa shape index (κ2) is 6.44. The average Bonchev–Trinajstić information content (AvgIpc) is 3.35. The van der Waals surface area contributed by atoms with E-state index in [9.17, 15) is 0 Å². The first kappa shape index (κ1) is 16.0. The summed E-state index contributed by atoms with van der Waals surface area (Å²) in [7, 11) is 4.75. The third-order valence-corrected chi connectivity index (χ3v) is 4.14. The van der Waals surface area contributed by atoms with Crippen molar-refractivity contribution in [1.82, 2.24) is 14.6 Å². The lowest BCUT2D eigenvalue weighted by Gasteiger charge is -2.14. The normalized spacial score (nSPS) is 10.9. The second-order valence-electron chi connectivity index (χ2n) is 5.56. The molecule has 0 saturated carbocycles. The smallest absolute Gasteiger partial charge is 0.203 e. The van der Waals surface area contributed by atoms with E-state index in [0.717, 1.165) is 28.2 Å². The highest BCUT2D eigenvalue weighted by Gasteiger charge is 2.16. The Hall–Kier alpha value is -3.48. The Kier molecular flexibility index (Phi) is 3.96. The van der Waals surface area contributed by atoms with Crippen LogP contribution in [0.25, 0.3) is 28.2 Å². The molecule has 3 aromatic heterocycles. The number of nitrogens with zero attached hydrogens (tertiary/aromatic N) is 3. The molecule has 0 aliphatic heterocycles. The van der Waals surface area contributed by atoms with Crippen LogP contribution in [0.1, 0.15) is 0 Å². The van der Waals surface area contributed by atoms with Gasteiger partial charge < -0.3 is 18.6 Å². The van der Waals surface area contributed by atoms with Gasteiger partial charge in [0.05, 0.1) is 51.4 Å². The maximum atomic E-state index is 5.43. The van der Waals surface area contributed by atoms with Crippen molar-refractivity contribution in [1.29, 1.82) is 0 Å². The summed E-state index contributed by atoms with van der Waals surface area (Å²) in [6.07, 6.45) is 5.06. The monoisotopic (exact) mass is 351 g/mol. The molecule has 0 amide bonds. The molecule has 7 nitrogen and oxygen atoms in total. The number of methoxy groups -OCH3 is 3. The fourth-order valence-electron chi connectivity index (χ4n) is 2.86.